The number of H-pyrrole nitrogens is 1. The second-order valence-corrected chi connectivity index (χ2v) is 8.77. The number of para-hydroxylation sites is 1. The highest BCUT2D eigenvalue weighted by Crippen LogP contribution is 2.41. The molecule has 2 aromatic rings. The van der Waals surface area contributed by atoms with Crippen molar-refractivity contribution in [2.45, 2.75) is 69.6 Å². The molecule has 0 spiro atoms. The summed E-state index contributed by atoms with van der Waals surface area (Å²) in [6, 6.07) is 5.30. The van der Waals surface area contributed by atoms with Gasteiger partial charge in [0.25, 0.3) is 0 Å². The number of nitrogens with one attached hydrogen (secondary N) is 2. The van der Waals surface area contributed by atoms with Crippen LogP contribution in [0.2, 0.25) is 0 Å². The van der Waals surface area contributed by atoms with Crippen LogP contribution in [-0.4, -0.2) is 62.1 Å². The lowest BCUT2D eigenvalue weighted by Crippen LogP contribution is -2.55. The van der Waals surface area contributed by atoms with Crippen LogP contribution in [0, 0.1) is 5.92 Å². The van der Waals surface area contributed by atoms with E-state index in [0.717, 1.165) is 35.7 Å². The summed E-state index contributed by atoms with van der Waals surface area (Å²) in [5.41, 5.74) is 2.03. The Hall–Kier alpha value is -2.87. The summed E-state index contributed by atoms with van der Waals surface area (Å²) in [6.07, 6.45) is 6.00. The van der Waals surface area contributed by atoms with Gasteiger partial charge in [0.15, 0.2) is 0 Å². The third kappa shape index (κ3) is 4.17. The summed E-state index contributed by atoms with van der Waals surface area (Å²) in [4.78, 5) is 41.5. The molecule has 31 heavy (non-hydrogen) atoms. The smallest absolute Gasteiger partial charge is 0.326 e. The van der Waals surface area contributed by atoms with E-state index in [1.165, 1.54) is 4.90 Å². The van der Waals surface area contributed by atoms with Gasteiger partial charge in [0, 0.05) is 23.1 Å². The van der Waals surface area contributed by atoms with Crippen molar-refractivity contribution < 1.29 is 24.6 Å². The topological polar surface area (TPSA) is 123 Å². The normalized spacial score (nSPS) is 24.8. The second-order valence-electron chi connectivity index (χ2n) is 8.77. The van der Waals surface area contributed by atoms with E-state index in [4.69, 9.17) is 0 Å². The molecule has 1 aliphatic heterocycles. The molecular formula is C23H29N3O5. The van der Waals surface area contributed by atoms with Crippen LogP contribution in [0.3, 0.4) is 0 Å². The number of benzene rings is 1. The largest absolute Gasteiger partial charge is 0.480 e. The first kappa shape index (κ1) is 21.4. The molecule has 166 valence electrons. The Labute approximate surface area is 180 Å². The molecule has 0 bridgehead atoms. The van der Waals surface area contributed by atoms with Gasteiger partial charge in [-0.1, -0.05) is 24.6 Å². The molecule has 1 saturated heterocycles. The van der Waals surface area contributed by atoms with Gasteiger partial charge >= 0.3 is 11.9 Å². The van der Waals surface area contributed by atoms with E-state index < -0.39 is 30.1 Å². The second kappa shape index (κ2) is 8.70. The van der Waals surface area contributed by atoms with Crippen molar-refractivity contribution in [3.05, 3.63) is 36.0 Å². The maximum atomic E-state index is 13.2. The van der Waals surface area contributed by atoms with Crippen LogP contribution in [-0.2, 0) is 20.8 Å². The van der Waals surface area contributed by atoms with Gasteiger partial charge in [-0.2, -0.15) is 0 Å². The van der Waals surface area contributed by atoms with Crippen molar-refractivity contribution in [2.24, 2.45) is 5.92 Å². The van der Waals surface area contributed by atoms with E-state index in [1.54, 1.807) is 6.92 Å². The van der Waals surface area contributed by atoms with Gasteiger partial charge in [-0.25, -0.2) is 4.79 Å². The molecule has 2 heterocycles. The number of carboxylic acid groups (broad SMARTS) is 2. The van der Waals surface area contributed by atoms with Crippen molar-refractivity contribution in [3.63, 3.8) is 0 Å². The Morgan fingerprint density at radius 1 is 1.23 bits per heavy atom. The van der Waals surface area contributed by atoms with Crippen LogP contribution in [0.15, 0.2) is 30.5 Å². The number of carboxylic acids is 2. The number of hydrogen-bond acceptors (Lipinski definition) is 4. The highest BCUT2D eigenvalue weighted by Gasteiger charge is 2.49. The molecule has 8 nitrogen and oxygen atoms in total. The van der Waals surface area contributed by atoms with Crippen molar-refractivity contribution in [2.75, 3.05) is 0 Å². The quantitative estimate of drug-likeness (QED) is 0.513. The van der Waals surface area contributed by atoms with Crippen molar-refractivity contribution in [1.29, 1.82) is 0 Å². The fraction of sp³-hybridized carbons (Fsp3) is 0.522. The van der Waals surface area contributed by atoms with E-state index in [1.807, 2.05) is 30.5 Å². The highest BCUT2D eigenvalue weighted by atomic mass is 16.4. The standard InChI is InChI=1S/C23H29N3O5/c1-13(21(27)26-19-8-4-5-14(19)11-20(26)23(30)31)25-18(22(28)29)10-9-15-12-24-17-7-3-2-6-16(15)17/h2-3,6-7,12-14,18-20,24-25H,4-5,8-11H2,1H3,(H,28,29)(H,30,31)/t13-,14-,18-,19-,20-/m0/s1. The zero-order chi connectivity index (χ0) is 22.1. The summed E-state index contributed by atoms with van der Waals surface area (Å²) >= 11 is 0. The van der Waals surface area contributed by atoms with E-state index in [2.05, 4.69) is 10.3 Å². The van der Waals surface area contributed by atoms with Gasteiger partial charge in [-0.05, 0) is 56.6 Å². The summed E-state index contributed by atoms with van der Waals surface area (Å²) < 4.78 is 0. The predicted molar refractivity (Wildman–Crippen MR) is 115 cm³/mol. The lowest BCUT2D eigenvalue weighted by molar-refractivity contribution is -0.151. The van der Waals surface area contributed by atoms with Crippen molar-refractivity contribution >= 4 is 28.7 Å². The minimum atomic E-state index is -1.02. The molecule has 1 aromatic carbocycles. The predicted octanol–water partition coefficient (Wildman–Crippen LogP) is 2.39. The number of aromatic nitrogens is 1. The Morgan fingerprint density at radius 2 is 2.00 bits per heavy atom. The van der Waals surface area contributed by atoms with Gasteiger partial charge in [0.05, 0.1) is 6.04 Å². The van der Waals surface area contributed by atoms with Gasteiger partial charge in [-0.3, -0.25) is 14.9 Å². The van der Waals surface area contributed by atoms with E-state index in [-0.39, 0.29) is 17.9 Å². The maximum Gasteiger partial charge on any atom is 0.326 e. The molecule has 1 aliphatic carbocycles. The summed E-state index contributed by atoms with van der Waals surface area (Å²) in [5, 5.41) is 23.3. The SMILES string of the molecule is C[C@H](N[C@@H](CCc1c[nH]c2ccccc12)C(=O)O)C(=O)N1[C@H](C(=O)O)C[C@@H]2CCC[C@@H]21. The average molecular weight is 428 g/mol. The fourth-order valence-electron chi connectivity index (χ4n) is 5.34. The summed E-state index contributed by atoms with van der Waals surface area (Å²) in [6.45, 7) is 1.63. The van der Waals surface area contributed by atoms with Gasteiger partial charge < -0.3 is 20.1 Å². The first-order valence-corrected chi connectivity index (χ1v) is 11.0. The third-order valence-corrected chi connectivity index (χ3v) is 6.87. The van der Waals surface area contributed by atoms with Gasteiger partial charge in [0.1, 0.15) is 12.1 Å². The minimum absolute atomic E-state index is 0.0488. The Bertz CT molecular complexity index is 987. The lowest BCUT2D eigenvalue weighted by atomic mass is 10.0. The fourth-order valence-corrected chi connectivity index (χ4v) is 5.34. The Balaban J connectivity index is 1.43. The molecule has 0 radical (unpaired) electrons. The first-order valence-electron chi connectivity index (χ1n) is 11.0. The molecule has 1 aromatic heterocycles. The number of carbonyl (C=O) groups is 3. The molecule has 5 atom stereocenters. The van der Waals surface area contributed by atoms with Crippen LogP contribution < -0.4 is 5.32 Å². The number of hydrogen-bond donors (Lipinski definition) is 4. The Kier molecular flexibility index (Phi) is 6.00. The van der Waals surface area contributed by atoms with Crippen LogP contribution in [0.5, 0.6) is 0 Å². The number of aromatic amines is 1. The maximum absolute atomic E-state index is 13.2. The van der Waals surface area contributed by atoms with E-state index in [0.29, 0.717) is 19.3 Å². The minimum Gasteiger partial charge on any atom is -0.480 e. The summed E-state index contributed by atoms with van der Waals surface area (Å²) in [5.74, 6) is -2.09. The number of aryl methyl sites for hydroxylation is 1. The monoisotopic (exact) mass is 427 g/mol. The van der Waals surface area contributed by atoms with Crippen LogP contribution in [0.1, 0.15) is 44.6 Å². The molecule has 1 amide bonds. The molecule has 2 aliphatic rings. The van der Waals surface area contributed by atoms with Crippen LogP contribution >= 0.6 is 0 Å². The number of nitrogens with zero attached hydrogens (tertiary/aromatic N) is 1. The molecule has 2 fully saturated rings. The van der Waals surface area contributed by atoms with Gasteiger partial charge in [-0.15, -0.1) is 0 Å². The zero-order valence-electron chi connectivity index (χ0n) is 17.6. The number of rotatable bonds is 8. The number of carbonyl (C=O) groups excluding carboxylic acids is 1. The molecule has 1 saturated carbocycles. The summed E-state index contributed by atoms with van der Waals surface area (Å²) in [7, 11) is 0. The van der Waals surface area contributed by atoms with Crippen LogP contribution in [0.4, 0.5) is 0 Å². The third-order valence-electron chi connectivity index (χ3n) is 6.87. The lowest BCUT2D eigenvalue weighted by Gasteiger charge is -2.31. The van der Waals surface area contributed by atoms with Crippen molar-refractivity contribution in [3.8, 4) is 0 Å². The molecule has 4 N–H and O–H groups in total. The van der Waals surface area contributed by atoms with Crippen LogP contribution in [0.25, 0.3) is 10.9 Å². The number of aliphatic carboxylic acids is 2. The highest BCUT2D eigenvalue weighted by molar-refractivity contribution is 5.88. The first-order chi connectivity index (χ1) is 14.9. The average Bonchev–Trinajstić information content (AvgIpc) is 3.44. The van der Waals surface area contributed by atoms with Gasteiger partial charge in [0.2, 0.25) is 5.91 Å². The van der Waals surface area contributed by atoms with E-state index in [9.17, 15) is 24.6 Å². The molecule has 0 unspecified atom stereocenters. The molecule has 8 heteroatoms. The molecule has 4 rings (SSSR count). The van der Waals surface area contributed by atoms with E-state index >= 15 is 0 Å². The number of likely N-dealkylation sites (tertiary alicyclic amines) is 1. The number of fused-ring (bicyclic) bond motifs is 2. The zero-order valence-corrected chi connectivity index (χ0v) is 17.6. The Morgan fingerprint density at radius 3 is 2.74 bits per heavy atom. The number of amides is 1. The van der Waals surface area contributed by atoms with Crippen molar-refractivity contribution in [1.82, 2.24) is 15.2 Å². The molecular weight excluding hydrogens is 398 g/mol.